The Balaban J connectivity index is 1.42. The third-order valence-electron chi connectivity index (χ3n) is 5.41. The molecule has 0 unspecified atom stereocenters. The van der Waals surface area contributed by atoms with Gasteiger partial charge < -0.3 is 20.7 Å². The number of hydrogen-bond donors (Lipinski definition) is 3. The minimum Gasteiger partial charge on any atom is -0.492 e. The maximum Gasteiger partial charge on any atom is 0.229 e. The van der Waals surface area contributed by atoms with E-state index < -0.39 is 9.84 Å². The lowest BCUT2D eigenvalue weighted by molar-refractivity contribution is 0.191. The van der Waals surface area contributed by atoms with Crippen LogP contribution in [0.25, 0.3) is 0 Å². The molecule has 1 aliphatic rings. The molecule has 0 radical (unpaired) electrons. The highest BCUT2D eigenvalue weighted by Gasteiger charge is 2.13. The average molecular weight is 517 g/mol. The van der Waals surface area contributed by atoms with Crippen LogP contribution in [0.4, 0.5) is 23.1 Å². The minimum absolute atomic E-state index is 0.0918. The number of aromatic nitrogens is 2. The van der Waals surface area contributed by atoms with E-state index in [9.17, 15) is 8.42 Å². The standard InChI is InChI=1S/C24H29ClN6O3S/c1-35(32,33)17-18-5-2-3-8-22(18)29-23-21(25)16-27-24(30-23)28-19-6-4-7-20(15-19)34-14-13-31-11-9-26-10-12-31/h2-8,15-16,26H,9-14,17H2,1H3,(H2,27,28,29,30). The summed E-state index contributed by atoms with van der Waals surface area (Å²) < 4.78 is 29.5. The molecule has 2 heterocycles. The van der Waals surface area contributed by atoms with Gasteiger partial charge in [-0.15, -0.1) is 0 Å². The Hall–Kier alpha value is -2.92. The monoisotopic (exact) mass is 516 g/mol. The summed E-state index contributed by atoms with van der Waals surface area (Å²) in [7, 11) is -3.20. The Labute approximate surface area is 210 Å². The minimum atomic E-state index is -3.20. The largest absolute Gasteiger partial charge is 0.492 e. The van der Waals surface area contributed by atoms with Crippen LogP contribution in [-0.2, 0) is 15.6 Å². The second-order valence-corrected chi connectivity index (χ2v) is 10.9. The molecule has 0 amide bonds. The molecule has 0 bridgehead atoms. The molecule has 35 heavy (non-hydrogen) atoms. The van der Waals surface area contributed by atoms with E-state index in [1.54, 1.807) is 18.2 Å². The number of nitrogens with one attached hydrogen (secondary N) is 3. The normalized spacial score (nSPS) is 14.5. The van der Waals surface area contributed by atoms with Gasteiger partial charge in [0.2, 0.25) is 5.95 Å². The molecule has 9 nitrogen and oxygen atoms in total. The summed E-state index contributed by atoms with van der Waals surface area (Å²) in [5, 5.41) is 9.97. The summed E-state index contributed by atoms with van der Waals surface area (Å²) in [4.78, 5) is 11.1. The molecular formula is C24H29ClN6O3S. The molecule has 1 aliphatic heterocycles. The zero-order chi connectivity index (χ0) is 24.7. The van der Waals surface area contributed by atoms with Crippen LogP contribution in [0.1, 0.15) is 5.56 Å². The van der Waals surface area contributed by atoms with E-state index in [0.717, 1.165) is 44.2 Å². The van der Waals surface area contributed by atoms with Gasteiger partial charge in [-0.1, -0.05) is 35.9 Å². The Morgan fingerprint density at radius 1 is 1.11 bits per heavy atom. The van der Waals surface area contributed by atoms with Gasteiger partial charge in [-0.3, -0.25) is 4.90 Å². The van der Waals surface area contributed by atoms with Crippen molar-refractivity contribution in [3.05, 3.63) is 65.3 Å². The lowest BCUT2D eigenvalue weighted by Crippen LogP contribution is -2.44. The van der Waals surface area contributed by atoms with Crippen molar-refractivity contribution in [2.24, 2.45) is 0 Å². The van der Waals surface area contributed by atoms with Crippen LogP contribution < -0.4 is 20.7 Å². The second-order valence-electron chi connectivity index (χ2n) is 8.34. The molecule has 0 atom stereocenters. The SMILES string of the molecule is CS(=O)(=O)Cc1ccccc1Nc1nc(Nc2cccc(OCCN3CCNCC3)c2)ncc1Cl. The first-order valence-electron chi connectivity index (χ1n) is 11.3. The Kier molecular flexibility index (Phi) is 8.40. The van der Waals surface area contributed by atoms with E-state index in [2.05, 4.69) is 30.8 Å². The van der Waals surface area contributed by atoms with Gasteiger partial charge in [-0.25, -0.2) is 13.4 Å². The zero-order valence-corrected chi connectivity index (χ0v) is 21.1. The molecule has 0 aliphatic carbocycles. The van der Waals surface area contributed by atoms with Crippen molar-refractivity contribution in [2.45, 2.75) is 5.75 Å². The average Bonchev–Trinajstić information content (AvgIpc) is 2.82. The van der Waals surface area contributed by atoms with Gasteiger partial charge in [-0.05, 0) is 23.8 Å². The van der Waals surface area contributed by atoms with Gasteiger partial charge in [0, 0.05) is 56.4 Å². The number of piperazine rings is 1. The first-order chi connectivity index (χ1) is 16.9. The summed E-state index contributed by atoms with van der Waals surface area (Å²) in [6, 6.07) is 14.8. The quantitative estimate of drug-likeness (QED) is 0.373. The van der Waals surface area contributed by atoms with Gasteiger partial charge in [0.05, 0.1) is 11.9 Å². The summed E-state index contributed by atoms with van der Waals surface area (Å²) in [6.07, 6.45) is 2.69. The van der Waals surface area contributed by atoms with Crippen molar-refractivity contribution in [1.29, 1.82) is 0 Å². The molecule has 1 aromatic heterocycles. The fraction of sp³-hybridized carbons (Fsp3) is 0.333. The Morgan fingerprint density at radius 3 is 2.71 bits per heavy atom. The number of para-hydroxylation sites is 1. The molecule has 1 fully saturated rings. The van der Waals surface area contributed by atoms with E-state index in [-0.39, 0.29) is 5.75 Å². The number of ether oxygens (including phenoxy) is 1. The highest BCUT2D eigenvalue weighted by Crippen LogP contribution is 2.28. The van der Waals surface area contributed by atoms with Gasteiger partial charge in [0.25, 0.3) is 0 Å². The number of anilines is 4. The van der Waals surface area contributed by atoms with E-state index in [0.29, 0.717) is 34.6 Å². The van der Waals surface area contributed by atoms with Crippen LogP contribution in [0, 0.1) is 0 Å². The number of halogens is 1. The Bertz CT molecular complexity index is 1250. The van der Waals surface area contributed by atoms with Gasteiger partial charge >= 0.3 is 0 Å². The van der Waals surface area contributed by atoms with E-state index >= 15 is 0 Å². The molecule has 4 rings (SSSR count). The number of hydrogen-bond acceptors (Lipinski definition) is 9. The summed E-state index contributed by atoms with van der Waals surface area (Å²) in [6.45, 7) is 5.60. The van der Waals surface area contributed by atoms with E-state index in [4.69, 9.17) is 16.3 Å². The fourth-order valence-corrected chi connectivity index (χ4v) is 4.67. The molecule has 3 aromatic rings. The maximum atomic E-state index is 11.8. The van der Waals surface area contributed by atoms with E-state index in [1.165, 1.54) is 12.5 Å². The topological polar surface area (TPSA) is 108 Å². The van der Waals surface area contributed by atoms with E-state index in [1.807, 2.05) is 30.3 Å². The molecular weight excluding hydrogens is 488 g/mol. The predicted octanol–water partition coefficient (Wildman–Crippen LogP) is 3.45. The maximum absolute atomic E-state index is 11.8. The van der Waals surface area contributed by atoms with Gasteiger partial charge in [-0.2, -0.15) is 4.98 Å². The van der Waals surface area contributed by atoms with Crippen molar-refractivity contribution in [3.8, 4) is 5.75 Å². The van der Waals surface area contributed by atoms with Crippen molar-refractivity contribution in [3.63, 3.8) is 0 Å². The lowest BCUT2D eigenvalue weighted by atomic mass is 10.2. The van der Waals surface area contributed by atoms with Crippen molar-refractivity contribution in [2.75, 3.05) is 56.2 Å². The van der Waals surface area contributed by atoms with Gasteiger partial charge in [0.1, 0.15) is 17.4 Å². The van der Waals surface area contributed by atoms with Crippen LogP contribution in [0.3, 0.4) is 0 Å². The third-order valence-corrected chi connectivity index (χ3v) is 6.52. The molecule has 186 valence electrons. The molecule has 11 heteroatoms. The number of rotatable bonds is 10. The third kappa shape index (κ3) is 7.79. The van der Waals surface area contributed by atoms with Crippen molar-refractivity contribution < 1.29 is 13.2 Å². The smallest absolute Gasteiger partial charge is 0.229 e. The summed E-state index contributed by atoms with van der Waals surface area (Å²) >= 11 is 6.32. The molecule has 0 spiro atoms. The zero-order valence-electron chi connectivity index (χ0n) is 19.5. The molecule has 3 N–H and O–H groups in total. The number of benzene rings is 2. The van der Waals surface area contributed by atoms with Crippen LogP contribution >= 0.6 is 11.6 Å². The first-order valence-corrected chi connectivity index (χ1v) is 13.8. The predicted molar refractivity (Wildman–Crippen MR) is 140 cm³/mol. The van der Waals surface area contributed by atoms with Crippen LogP contribution in [0.5, 0.6) is 5.75 Å². The Morgan fingerprint density at radius 2 is 1.91 bits per heavy atom. The first kappa shape index (κ1) is 25.2. The highest BCUT2D eigenvalue weighted by molar-refractivity contribution is 7.89. The van der Waals surface area contributed by atoms with Gasteiger partial charge in [0.15, 0.2) is 15.7 Å². The lowest BCUT2D eigenvalue weighted by Gasteiger charge is -2.26. The van der Waals surface area contributed by atoms with Crippen molar-refractivity contribution >= 4 is 44.6 Å². The molecule has 2 aromatic carbocycles. The summed E-state index contributed by atoms with van der Waals surface area (Å²) in [5.41, 5.74) is 2.02. The summed E-state index contributed by atoms with van der Waals surface area (Å²) in [5.74, 6) is 1.38. The van der Waals surface area contributed by atoms with Crippen LogP contribution in [0.15, 0.2) is 54.7 Å². The van der Waals surface area contributed by atoms with Crippen LogP contribution in [0.2, 0.25) is 5.02 Å². The van der Waals surface area contributed by atoms with Crippen LogP contribution in [-0.4, -0.2) is 68.9 Å². The number of nitrogens with zero attached hydrogens (tertiary/aromatic N) is 3. The fourth-order valence-electron chi connectivity index (χ4n) is 3.71. The molecule has 0 saturated carbocycles. The highest BCUT2D eigenvalue weighted by atomic mass is 35.5. The molecule has 1 saturated heterocycles. The second kappa shape index (κ2) is 11.7. The van der Waals surface area contributed by atoms with Crippen molar-refractivity contribution in [1.82, 2.24) is 20.2 Å². The number of sulfone groups is 1.